The molecule has 0 saturated carbocycles. The van der Waals surface area contributed by atoms with Crippen LogP contribution in [0.5, 0.6) is 5.75 Å². The van der Waals surface area contributed by atoms with Crippen molar-refractivity contribution >= 4 is 5.69 Å². The Hall–Kier alpha value is -1.18. The summed E-state index contributed by atoms with van der Waals surface area (Å²) in [5, 5.41) is 3.52. The Bertz CT molecular complexity index is 322. The maximum Gasteiger partial charge on any atom is 0.120 e. The number of fused-ring (bicyclic) bond motifs is 1. The molecular formula is C12H17NO. The lowest BCUT2D eigenvalue weighted by Gasteiger charge is -2.13. The van der Waals surface area contributed by atoms with Crippen LogP contribution in [0.15, 0.2) is 18.2 Å². The van der Waals surface area contributed by atoms with Crippen LogP contribution < -0.4 is 10.1 Å². The van der Waals surface area contributed by atoms with Gasteiger partial charge in [-0.1, -0.05) is 6.07 Å². The first-order valence-corrected chi connectivity index (χ1v) is 5.23. The molecule has 76 valence electrons. The first-order chi connectivity index (χ1) is 6.79. The van der Waals surface area contributed by atoms with Gasteiger partial charge in [-0.3, -0.25) is 0 Å². The number of benzene rings is 1. The number of rotatable bonds is 1. The molecule has 0 bridgehead atoms. The Morgan fingerprint density at radius 3 is 3.07 bits per heavy atom. The molecule has 1 aliphatic rings. The van der Waals surface area contributed by atoms with Crippen molar-refractivity contribution in [3.63, 3.8) is 0 Å². The van der Waals surface area contributed by atoms with Gasteiger partial charge in [0.25, 0.3) is 0 Å². The van der Waals surface area contributed by atoms with E-state index in [1.54, 1.807) is 7.11 Å². The maximum absolute atomic E-state index is 5.22. The Kier molecular flexibility index (Phi) is 2.62. The van der Waals surface area contributed by atoms with E-state index in [0.29, 0.717) is 6.04 Å². The number of ether oxygens (including phenoxy) is 1. The third kappa shape index (κ3) is 1.84. The molecule has 2 heteroatoms. The van der Waals surface area contributed by atoms with Gasteiger partial charge in [-0.2, -0.15) is 0 Å². The molecule has 0 radical (unpaired) electrons. The summed E-state index contributed by atoms with van der Waals surface area (Å²) >= 11 is 0. The number of methoxy groups -OCH3 is 1. The highest BCUT2D eigenvalue weighted by Gasteiger charge is 2.12. The lowest BCUT2D eigenvalue weighted by Crippen LogP contribution is -2.13. The zero-order chi connectivity index (χ0) is 9.97. The fourth-order valence-corrected chi connectivity index (χ4v) is 1.97. The second kappa shape index (κ2) is 3.91. The van der Waals surface area contributed by atoms with Gasteiger partial charge in [-0.05, 0) is 37.8 Å². The second-order valence-corrected chi connectivity index (χ2v) is 3.96. The highest BCUT2D eigenvalue weighted by atomic mass is 16.5. The van der Waals surface area contributed by atoms with Crippen LogP contribution in [-0.2, 0) is 6.42 Å². The molecule has 1 aliphatic heterocycles. The number of nitrogens with one attached hydrogen (secondary N) is 1. The minimum Gasteiger partial charge on any atom is -0.497 e. The first kappa shape index (κ1) is 9.38. The molecule has 0 aliphatic carbocycles. The number of hydrogen-bond acceptors (Lipinski definition) is 2. The highest BCUT2D eigenvalue weighted by molar-refractivity contribution is 5.56. The molecule has 1 heterocycles. The van der Waals surface area contributed by atoms with Gasteiger partial charge in [-0.25, -0.2) is 0 Å². The first-order valence-electron chi connectivity index (χ1n) is 5.23. The molecule has 0 aromatic heterocycles. The molecule has 1 aromatic carbocycles. The maximum atomic E-state index is 5.22. The lowest BCUT2D eigenvalue weighted by atomic mass is 10.1. The predicted octanol–water partition coefficient (Wildman–Crippen LogP) is 2.83. The molecule has 0 saturated heterocycles. The normalized spacial score (nSPS) is 20.6. The van der Waals surface area contributed by atoms with E-state index in [4.69, 9.17) is 4.74 Å². The van der Waals surface area contributed by atoms with Crippen LogP contribution in [0.4, 0.5) is 5.69 Å². The van der Waals surface area contributed by atoms with E-state index >= 15 is 0 Å². The van der Waals surface area contributed by atoms with Crippen molar-refractivity contribution in [1.29, 1.82) is 0 Å². The van der Waals surface area contributed by atoms with Crippen LogP contribution >= 0.6 is 0 Å². The molecular weight excluding hydrogens is 174 g/mol. The zero-order valence-electron chi connectivity index (χ0n) is 8.84. The third-order valence-electron chi connectivity index (χ3n) is 2.80. The molecule has 1 unspecified atom stereocenters. The average molecular weight is 191 g/mol. The summed E-state index contributed by atoms with van der Waals surface area (Å²) < 4.78 is 5.22. The Balaban J connectivity index is 2.32. The smallest absolute Gasteiger partial charge is 0.120 e. The monoisotopic (exact) mass is 191 g/mol. The van der Waals surface area contributed by atoms with E-state index in [2.05, 4.69) is 24.4 Å². The van der Waals surface area contributed by atoms with Gasteiger partial charge < -0.3 is 10.1 Å². The van der Waals surface area contributed by atoms with Crippen LogP contribution in [0.25, 0.3) is 0 Å². The van der Waals surface area contributed by atoms with Crippen molar-refractivity contribution < 1.29 is 4.74 Å². The molecule has 1 aromatic rings. The minimum absolute atomic E-state index is 0.573. The van der Waals surface area contributed by atoms with Crippen molar-refractivity contribution in [2.24, 2.45) is 0 Å². The van der Waals surface area contributed by atoms with Gasteiger partial charge in [0, 0.05) is 17.8 Å². The lowest BCUT2D eigenvalue weighted by molar-refractivity contribution is 0.415. The van der Waals surface area contributed by atoms with Gasteiger partial charge in [0.15, 0.2) is 0 Å². The molecule has 1 N–H and O–H groups in total. The molecule has 0 amide bonds. The largest absolute Gasteiger partial charge is 0.497 e. The Morgan fingerprint density at radius 2 is 2.29 bits per heavy atom. The Labute approximate surface area is 85.3 Å². The molecule has 1 atom stereocenters. The summed E-state index contributed by atoms with van der Waals surface area (Å²) in [5.41, 5.74) is 2.66. The predicted molar refractivity (Wildman–Crippen MR) is 59.0 cm³/mol. The van der Waals surface area contributed by atoms with Crippen molar-refractivity contribution in [2.45, 2.75) is 32.2 Å². The van der Waals surface area contributed by atoms with Crippen molar-refractivity contribution in [2.75, 3.05) is 12.4 Å². The summed E-state index contributed by atoms with van der Waals surface area (Å²) in [6, 6.07) is 6.87. The average Bonchev–Trinajstić information content (AvgIpc) is 2.37. The van der Waals surface area contributed by atoms with Gasteiger partial charge in [-0.15, -0.1) is 0 Å². The number of aryl methyl sites for hydroxylation is 1. The fraction of sp³-hybridized carbons (Fsp3) is 0.500. The Morgan fingerprint density at radius 1 is 1.43 bits per heavy atom. The van der Waals surface area contributed by atoms with Crippen molar-refractivity contribution in [3.8, 4) is 5.75 Å². The van der Waals surface area contributed by atoms with Crippen molar-refractivity contribution in [1.82, 2.24) is 0 Å². The van der Waals surface area contributed by atoms with Crippen LogP contribution in [-0.4, -0.2) is 13.2 Å². The van der Waals surface area contributed by atoms with E-state index in [0.717, 1.165) is 5.75 Å². The van der Waals surface area contributed by atoms with Crippen LogP contribution in [0.2, 0.25) is 0 Å². The third-order valence-corrected chi connectivity index (χ3v) is 2.80. The van der Waals surface area contributed by atoms with Crippen LogP contribution in [0.1, 0.15) is 25.3 Å². The van der Waals surface area contributed by atoms with Gasteiger partial charge in [0.1, 0.15) is 5.75 Å². The topological polar surface area (TPSA) is 21.3 Å². The molecule has 0 spiro atoms. The summed E-state index contributed by atoms with van der Waals surface area (Å²) in [4.78, 5) is 0. The number of anilines is 1. The summed E-state index contributed by atoms with van der Waals surface area (Å²) in [6.45, 7) is 2.23. The molecule has 2 nitrogen and oxygen atoms in total. The van der Waals surface area contributed by atoms with E-state index in [1.165, 1.54) is 30.5 Å². The van der Waals surface area contributed by atoms with Gasteiger partial charge in [0.2, 0.25) is 0 Å². The second-order valence-electron chi connectivity index (χ2n) is 3.96. The molecule has 2 rings (SSSR count). The quantitative estimate of drug-likeness (QED) is 0.737. The van der Waals surface area contributed by atoms with Crippen LogP contribution in [0, 0.1) is 0 Å². The van der Waals surface area contributed by atoms with Crippen LogP contribution in [0.3, 0.4) is 0 Å². The van der Waals surface area contributed by atoms with Gasteiger partial charge >= 0.3 is 0 Å². The van der Waals surface area contributed by atoms with Crippen molar-refractivity contribution in [3.05, 3.63) is 23.8 Å². The fourth-order valence-electron chi connectivity index (χ4n) is 1.97. The summed E-state index contributed by atoms with van der Waals surface area (Å²) in [5.74, 6) is 0.936. The summed E-state index contributed by atoms with van der Waals surface area (Å²) in [6.07, 6.45) is 3.70. The zero-order valence-corrected chi connectivity index (χ0v) is 8.84. The molecule has 14 heavy (non-hydrogen) atoms. The summed E-state index contributed by atoms with van der Waals surface area (Å²) in [7, 11) is 1.71. The minimum atomic E-state index is 0.573. The molecule has 0 fully saturated rings. The van der Waals surface area contributed by atoms with E-state index in [9.17, 15) is 0 Å². The standard InChI is InChI=1S/C12H17NO/c1-9-4-3-5-10-6-7-11(14-2)8-12(10)13-9/h6-9,13H,3-5H2,1-2H3. The van der Waals surface area contributed by atoms with Gasteiger partial charge in [0.05, 0.1) is 7.11 Å². The van der Waals surface area contributed by atoms with E-state index in [1.807, 2.05) is 6.07 Å². The SMILES string of the molecule is COc1ccc2c(c1)NC(C)CCC2. The number of hydrogen-bond donors (Lipinski definition) is 1. The highest BCUT2D eigenvalue weighted by Crippen LogP contribution is 2.27. The van der Waals surface area contributed by atoms with E-state index in [-0.39, 0.29) is 0 Å². The van der Waals surface area contributed by atoms with E-state index < -0.39 is 0 Å².